The van der Waals surface area contributed by atoms with Crippen LogP contribution < -0.4 is 0 Å². The zero-order valence-electron chi connectivity index (χ0n) is 9.65. The first-order valence-corrected chi connectivity index (χ1v) is 7.28. The standard InChI is InChI=1S/C11H15ClFO3P/c1-3-11(4-2,17(14,15)16)8-5-6-9(12)10(13)7-8/h5-7H,3-4H2,1-2H3,(H2,14,15,16). The van der Waals surface area contributed by atoms with Gasteiger partial charge in [-0.25, -0.2) is 4.39 Å². The van der Waals surface area contributed by atoms with Gasteiger partial charge in [-0.3, -0.25) is 4.57 Å². The van der Waals surface area contributed by atoms with Gasteiger partial charge in [0.1, 0.15) is 5.82 Å². The van der Waals surface area contributed by atoms with Gasteiger partial charge in [-0.05, 0) is 30.5 Å². The largest absolute Gasteiger partial charge is 0.335 e. The zero-order chi connectivity index (χ0) is 13.3. The van der Waals surface area contributed by atoms with Crippen molar-refractivity contribution >= 4 is 19.2 Å². The predicted octanol–water partition coefficient (Wildman–Crippen LogP) is 3.67. The lowest BCUT2D eigenvalue weighted by molar-refractivity contribution is 0.315. The summed E-state index contributed by atoms with van der Waals surface area (Å²) in [7, 11) is -4.37. The van der Waals surface area contributed by atoms with Crippen LogP contribution in [0.25, 0.3) is 0 Å². The SMILES string of the molecule is CCC(CC)(c1ccc(Cl)c(F)c1)P(=O)(O)O. The number of hydrogen-bond donors (Lipinski definition) is 2. The molecule has 0 aromatic heterocycles. The molecule has 3 nitrogen and oxygen atoms in total. The molecule has 0 aliphatic carbocycles. The lowest BCUT2D eigenvalue weighted by Gasteiger charge is -2.32. The quantitative estimate of drug-likeness (QED) is 0.827. The first kappa shape index (κ1) is 14.7. The fraction of sp³-hybridized carbons (Fsp3) is 0.455. The van der Waals surface area contributed by atoms with E-state index in [2.05, 4.69) is 0 Å². The third kappa shape index (κ3) is 2.55. The summed E-state index contributed by atoms with van der Waals surface area (Å²) >= 11 is 5.56. The minimum atomic E-state index is -4.37. The summed E-state index contributed by atoms with van der Waals surface area (Å²) in [6, 6.07) is 3.90. The van der Waals surface area contributed by atoms with Crippen molar-refractivity contribution in [2.75, 3.05) is 0 Å². The van der Waals surface area contributed by atoms with Crippen molar-refractivity contribution in [3.63, 3.8) is 0 Å². The fourth-order valence-corrected chi connectivity index (χ4v) is 3.44. The Hall–Kier alpha value is -0.410. The van der Waals surface area contributed by atoms with Crippen molar-refractivity contribution in [3.05, 3.63) is 34.6 Å². The van der Waals surface area contributed by atoms with Gasteiger partial charge in [0.2, 0.25) is 0 Å². The highest BCUT2D eigenvalue weighted by Gasteiger charge is 2.45. The second-order valence-electron chi connectivity index (χ2n) is 3.91. The van der Waals surface area contributed by atoms with E-state index in [9.17, 15) is 18.7 Å². The van der Waals surface area contributed by atoms with E-state index < -0.39 is 18.6 Å². The third-order valence-electron chi connectivity index (χ3n) is 3.18. The molecular formula is C11H15ClFO3P. The van der Waals surface area contributed by atoms with Crippen molar-refractivity contribution in [2.45, 2.75) is 31.8 Å². The van der Waals surface area contributed by atoms with E-state index >= 15 is 0 Å². The molecule has 2 N–H and O–H groups in total. The number of rotatable bonds is 4. The molecule has 0 aliphatic rings. The Morgan fingerprint density at radius 1 is 1.35 bits per heavy atom. The van der Waals surface area contributed by atoms with Gasteiger partial charge in [0.15, 0.2) is 0 Å². The fourth-order valence-electron chi connectivity index (χ4n) is 2.02. The average molecular weight is 281 g/mol. The molecule has 0 amide bonds. The maximum atomic E-state index is 13.4. The van der Waals surface area contributed by atoms with Crippen LogP contribution in [-0.4, -0.2) is 9.79 Å². The molecule has 0 saturated heterocycles. The molecule has 0 radical (unpaired) electrons. The Balaban J connectivity index is 3.43. The highest BCUT2D eigenvalue weighted by molar-refractivity contribution is 7.53. The van der Waals surface area contributed by atoms with Gasteiger partial charge in [-0.2, -0.15) is 0 Å². The van der Waals surface area contributed by atoms with Crippen LogP contribution in [0.5, 0.6) is 0 Å². The van der Waals surface area contributed by atoms with Gasteiger partial charge >= 0.3 is 7.60 Å². The van der Waals surface area contributed by atoms with Gasteiger partial charge in [0.25, 0.3) is 0 Å². The maximum absolute atomic E-state index is 13.4. The highest BCUT2D eigenvalue weighted by atomic mass is 35.5. The smallest absolute Gasteiger partial charge is 0.324 e. The molecule has 0 fully saturated rings. The number of halogens is 2. The van der Waals surface area contributed by atoms with E-state index in [1.807, 2.05) is 0 Å². The van der Waals surface area contributed by atoms with Gasteiger partial charge in [0, 0.05) is 0 Å². The molecule has 1 rings (SSSR count). The van der Waals surface area contributed by atoms with Gasteiger partial charge in [-0.1, -0.05) is 31.5 Å². The van der Waals surface area contributed by atoms with Crippen LogP contribution in [0.2, 0.25) is 5.02 Å². The van der Waals surface area contributed by atoms with Crippen LogP contribution >= 0.6 is 19.2 Å². The molecule has 0 saturated carbocycles. The van der Waals surface area contributed by atoms with Crippen LogP contribution in [0.1, 0.15) is 32.3 Å². The Kier molecular flexibility index (Phi) is 4.37. The van der Waals surface area contributed by atoms with E-state index in [1.165, 1.54) is 12.1 Å². The van der Waals surface area contributed by atoms with Crippen molar-refractivity contribution in [1.82, 2.24) is 0 Å². The Bertz CT molecular complexity index is 454. The van der Waals surface area contributed by atoms with Gasteiger partial charge < -0.3 is 9.79 Å². The van der Waals surface area contributed by atoms with E-state index in [1.54, 1.807) is 13.8 Å². The van der Waals surface area contributed by atoms with Gasteiger partial charge in [-0.15, -0.1) is 0 Å². The first-order valence-electron chi connectivity index (χ1n) is 5.29. The predicted molar refractivity (Wildman–Crippen MR) is 65.7 cm³/mol. The Morgan fingerprint density at radius 2 is 1.88 bits per heavy atom. The lowest BCUT2D eigenvalue weighted by atomic mass is 9.92. The minimum absolute atomic E-state index is 0.0550. The van der Waals surface area contributed by atoms with Crippen LogP contribution in [0.3, 0.4) is 0 Å². The molecule has 6 heteroatoms. The molecule has 0 bridgehead atoms. The van der Waals surface area contributed by atoms with E-state index in [-0.39, 0.29) is 23.4 Å². The molecule has 0 unspecified atom stereocenters. The molecule has 0 spiro atoms. The zero-order valence-corrected chi connectivity index (χ0v) is 11.3. The second-order valence-corrected chi connectivity index (χ2v) is 6.26. The molecule has 0 atom stereocenters. The van der Waals surface area contributed by atoms with Crippen LogP contribution in [0.4, 0.5) is 4.39 Å². The molecule has 1 aromatic rings. The van der Waals surface area contributed by atoms with Crippen molar-refractivity contribution in [1.29, 1.82) is 0 Å². The first-order chi connectivity index (χ1) is 7.78. The summed E-state index contributed by atoms with van der Waals surface area (Å²) in [6.07, 6.45) is 0.462. The van der Waals surface area contributed by atoms with Crippen LogP contribution in [0.15, 0.2) is 18.2 Å². The number of hydrogen-bond acceptors (Lipinski definition) is 1. The molecular weight excluding hydrogens is 266 g/mol. The van der Waals surface area contributed by atoms with Crippen molar-refractivity contribution in [2.24, 2.45) is 0 Å². The van der Waals surface area contributed by atoms with E-state index in [4.69, 9.17) is 11.6 Å². The molecule has 0 heterocycles. The molecule has 0 aliphatic heterocycles. The minimum Gasteiger partial charge on any atom is -0.324 e. The summed E-state index contributed by atoms with van der Waals surface area (Å²) in [6.45, 7) is 3.35. The average Bonchev–Trinajstić information content (AvgIpc) is 2.23. The highest BCUT2D eigenvalue weighted by Crippen LogP contribution is 2.60. The number of benzene rings is 1. The topological polar surface area (TPSA) is 57.5 Å². The monoisotopic (exact) mass is 280 g/mol. The molecule has 1 aromatic carbocycles. The normalized spacial score (nSPS) is 12.8. The second kappa shape index (κ2) is 5.07. The summed E-state index contributed by atoms with van der Waals surface area (Å²) in [5.74, 6) is -0.663. The summed E-state index contributed by atoms with van der Waals surface area (Å²) < 4.78 is 25.0. The maximum Gasteiger partial charge on any atom is 0.335 e. The Labute approximate surface area is 105 Å². The summed E-state index contributed by atoms with van der Waals surface area (Å²) in [4.78, 5) is 19.0. The van der Waals surface area contributed by atoms with Crippen LogP contribution in [0, 0.1) is 5.82 Å². The van der Waals surface area contributed by atoms with Gasteiger partial charge in [0.05, 0.1) is 10.2 Å². The lowest BCUT2D eigenvalue weighted by Crippen LogP contribution is -2.24. The van der Waals surface area contributed by atoms with Crippen LogP contribution in [-0.2, 0) is 9.72 Å². The summed E-state index contributed by atoms with van der Waals surface area (Å²) in [5, 5.41) is -1.39. The summed E-state index contributed by atoms with van der Waals surface area (Å²) in [5.41, 5.74) is 0.290. The van der Waals surface area contributed by atoms with E-state index in [0.29, 0.717) is 0 Å². The molecule has 17 heavy (non-hydrogen) atoms. The van der Waals surface area contributed by atoms with E-state index in [0.717, 1.165) is 6.07 Å². The molecule has 96 valence electrons. The van der Waals surface area contributed by atoms with Crippen molar-refractivity contribution < 1.29 is 18.7 Å². The Morgan fingerprint density at radius 3 is 2.24 bits per heavy atom. The van der Waals surface area contributed by atoms with Crippen molar-refractivity contribution in [3.8, 4) is 0 Å². The third-order valence-corrected chi connectivity index (χ3v) is 5.50.